The van der Waals surface area contributed by atoms with E-state index in [0.29, 0.717) is 0 Å². The number of rotatable bonds is 2. The number of aromatic nitrogens is 1. The van der Waals surface area contributed by atoms with Gasteiger partial charge in [0, 0.05) is 16.2 Å². The quantitative estimate of drug-likeness (QED) is 0.675. The average Bonchev–Trinajstić information content (AvgIpc) is 3.03. The van der Waals surface area contributed by atoms with Crippen molar-refractivity contribution < 1.29 is 9.15 Å². The molecule has 0 aliphatic rings. The molecule has 3 rings (SSSR count). The summed E-state index contributed by atoms with van der Waals surface area (Å²) in [5.74, 6) is 1.64. The summed E-state index contributed by atoms with van der Waals surface area (Å²) in [6, 6.07) is 7.81. The molecule has 3 aromatic rings. The molecule has 0 N–H and O–H groups in total. The van der Waals surface area contributed by atoms with Crippen LogP contribution in [0.25, 0.3) is 22.4 Å². The molecule has 0 saturated heterocycles. The average molecular weight is 287 g/mol. The maximum atomic E-state index is 5.87. The fourth-order valence-electron chi connectivity index (χ4n) is 2.01. The largest absolute Gasteiger partial charge is 0.497 e. The fraction of sp³-hybridized carbons (Fsp3) is 0.312. The predicted octanol–water partition coefficient (Wildman–Crippen LogP) is 4.86. The van der Waals surface area contributed by atoms with Crippen LogP contribution in [0.1, 0.15) is 25.8 Å². The van der Waals surface area contributed by atoms with E-state index in [1.807, 2.05) is 24.3 Å². The van der Waals surface area contributed by atoms with E-state index < -0.39 is 0 Å². The Bertz CT molecular complexity index is 749. The van der Waals surface area contributed by atoms with Gasteiger partial charge < -0.3 is 9.15 Å². The number of methoxy groups -OCH3 is 1. The molecule has 0 unspecified atom stereocenters. The molecule has 0 aliphatic carbocycles. The third-order valence-corrected chi connectivity index (χ3v) is 4.39. The fourth-order valence-corrected chi connectivity index (χ4v) is 2.90. The van der Waals surface area contributed by atoms with Crippen molar-refractivity contribution in [1.82, 2.24) is 4.98 Å². The summed E-state index contributed by atoms with van der Waals surface area (Å²) < 4.78 is 11.1. The molecule has 2 aromatic heterocycles. The van der Waals surface area contributed by atoms with Crippen LogP contribution in [0.15, 0.2) is 34.1 Å². The van der Waals surface area contributed by atoms with Crippen LogP contribution in [0.2, 0.25) is 0 Å². The lowest BCUT2D eigenvalue weighted by Gasteiger charge is -2.13. The number of benzene rings is 1. The van der Waals surface area contributed by atoms with Crippen LogP contribution in [0.4, 0.5) is 0 Å². The Kier molecular flexibility index (Phi) is 3.05. The van der Waals surface area contributed by atoms with Gasteiger partial charge in [0.15, 0.2) is 5.76 Å². The Morgan fingerprint density at radius 2 is 2.00 bits per heavy atom. The van der Waals surface area contributed by atoms with Gasteiger partial charge in [-0.3, -0.25) is 0 Å². The van der Waals surface area contributed by atoms with E-state index in [0.717, 1.165) is 33.2 Å². The van der Waals surface area contributed by atoms with E-state index in [1.165, 1.54) is 0 Å². The van der Waals surface area contributed by atoms with E-state index in [9.17, 15) is 0 Å². The molecule has 0 bridgehead atoms. The highest BCUT2D eigenvalue weighted by atomic mass is 32.1. The van der Waals surface area contributed by atoms with Crippen molar-refractivity contribution in [2.24, 2.45) is 0 Å². The molecular formula is C16H17NO2S. The molecule has 0 fully saturated rings. The number of fused-ring (bicyclic) bond motifs is 1. The van der Waals surface area contributed by atoms with E-state index in [1.54, 1.807) is 18.4 Å². The lowest BCUT2D eigenvalue weighted by molar-refractivity contribution is 0.415. The Morgan fingerprint density at radius 3 is 2.65 bits per heavy atom. The van der Waals surface area contributed by atoms with E-state index in [-0.39, 0.29) is 5.41 Å². The van der Waals surface area contributed by atoms with Crippen molar-refractivity contribution in [2.45, 2.75) is 26.2 Å². The van der Waals surface area contributed by atoms with Crippen molar-refractivity contribution in [3.8, 4) is 17.2 Å². The van der Waals surface area contributed by atoms with Crippen molar-refractivity contribution >= 4 is 22.3 Å². The molecule has 0 aliphatic heterocycles. The molecule has 3 nitrogen and oxygen atoms in total. The van der Waals surface area contributed by atoms with Gasteiger partial charge in [0.2, 0.25) is 0 Å². The van der Waals surface area contributed by atoms with Gasteiger partial charge in [-0.2, -0.15) is 0 Å². The van der Waals surface area contributed by atoms with Gasteiger partial charge in [-0.1, -0.05) is 20.8 Å². The standard InChI is InChI=1S/C16H17NO2S/c1-16(2,3)15-17-12(9-20-15)14-8-10-7-11(18-4)5-6-13(10)19-14/h5-9H,1-4H3. The van der Waals surface area contributed by atoms with Crippen molar-refractivity contribution in [2.75, 3.05) is 7.11 Å². The molecule has 0 atom stereocenters. The summed E-state index contributed by atoms with van der Waals surface area (Å²) in [7, 11) is 1.66. The lowest BCUT2D eigenvalue weighted by atomic mass is 9.98. The Hall–Kier alpha value is -1.81. The Morgan fingerprint density at radius 1 is 1.20 bits per heavy atom. The van der Waals surface area contributed by atoms with Crippen molar-refractivity contribution in [3.63, 3.8) is 0 Å². The molecular weight excluding hydrogens is 270 g/mol. The molecule has 2 heterocycles. The van der Waals surface area contributed by atoms with Crippen molar-refractivity contribution in [3.05, 3.63) is 34.7 Å². The monoisotopic (exact) mass is 287 g/mol. The number of ether oxygens (including phenoxy) is 1. The van der Waals surface area contributed by atoms with Gasteiger partial charge in [-0.05, 0) is 24.3 Å². The SMILES string of the molecule is COc1ccc2oc(-c3csc(C(C)(C)C)n3)cc2c1. The number of furan rings is 1. The number of hydrogen-bond donors (Lipinski definition) is 0. The van der Waals surface area contributed by atoms with Gasteiger partial charge >= 0.3 is 0 Å². The van der Waals surface area contributed by atoms with Crippen LogP contribution >= 0.6 is 11.3 Å². The molecule has 20 heavy (non-hydrogen) atoms. The summed E-state index contributed by atoms with van der Waals surface area (Å²) >= 11 is 1.67. The highest BCUT2D eigenvalue weighted by Gasteiger charge is 2.19. The molecule has 0 saturated carbocycles. The van der Waals surface area contributed by atoms with Gasteiger partial charge in [0.25, 0.3) is 0 Å². The first-order chi connectivity index (χ1) is 9.47. The third-order valence-electron chi connectivity index (χ3n) is 3.12. The maximum absolute atomic E-state index is 5.87. The number of nitrogens with zero attached hydrogens (tertiary/aromatic N) is 1. The summed E-state index contributed by atoms with van der Waals surface area (Å²) in [5.41, 5.74) is 1.82. The lowest BCUT2D eigenvalue weighted by Crippen LogP contribution is -2.10. The van der Waals surface area contributed by atoms with Crippen LogP contribution < -0.4 is 4.74 Å². The van der Waals surface area contributed by atoms with Crippen LogP contribution in [0.5, 0.6) is 5.75 Å². The predicted molar refractivity (Wildman–Crippen MR) is 82.6 cm³/mol. The van der Waals surface area contributed by atoms with Crippen LogP contribution in [0, 0.1) is 0 Å². The Balaban J connectivity index is 2.04. The van der Waals surface area contributed by atoms with Crippen LogP contribution in [-0.2, 0) is 5.41 Å². The molecule has 4 heteroatoms. The van der Waals surface area contributed by atoms with E-state index in [2.05, 4.69) is 31.1 Å². The summed E-state index contributed by atoms with van der Waals surface area (Å²) in [5, 5.41) is 4.20. The third kappa shape index (κ3) is 2.31. The van der Waals surface area contributed by atoms with Crippen molar-refractivity contribution in [1.29, 1.82) is 0 Å². The van der Waals surface area contributed by atoms with Gasteiger partial charge in [0.05, 0.1) is 12.1 Å². The molecule has 0 radical (unpaired) electrons. The normalized spacial score (nSPS) is 12.0. The highest BCUT2D eigenvalue weighted by Crippen LogP contribution is 2.33. The number of hydrogen-bond acceptors (Lipinski definition) is 4. The van der Waals surface area contributed by atoms with E-state index >= 15 is 0 Å². The van der Waals surface area contributed by atoms with Gasteiger partial charge in [-0.25, -0.2) is 4.98 Å². The smallest absolute Gasteiger partial charge is 0.154 e. The minimum absolute atomic E-state index is 0.0676. The maximum Gasteiger partial charge on any atom is 0.154 e. The zero-order valence-corrected chi connectivity index (χ0v) is 12.9. The van der Waals surface area contributed by atoms with Crippen LogP contribution in [-0.4, -0.2) is 12.1 Å². The van der Waals surface area contributed by atoms with Gasteiger partial charge in [0.1, 0.15) is 17.0 Å². The second-order valence-corrected chi connectivity index (χ2v) is 6.66. The Labute approximate surface area is 122 Å². The highest BCUT2D eigenvalue weighted by molar-refractivity contribution is 7.10. The van der Waals surface area contributed by atoms with Crippen LogP contribution in [0.3, 0.4) is 0 Å². The minimum atomic E-state index is 0.0676. The zero-order chi connectivity index (χ0) is 14.3. The van der Waals surface area contributed by atoms with Gasteiger partial charge in [-0.15, -0.1) is 11.3 Å². The molecule has 0 amide bonds. The molecule has 0 spiro atoms. The molecule has 1 aromatic carbocycles. The first-order valence-electron chi connectivity index (χ1n) is 6.51. The number of thiazole rings is 1. The minimum Gasteiger partial charge on any atom is -0.497 e. The first-order valence-corrected chi connectivity index (χ1v) is 7.39. The summed E-state index contributed by atoms with van der Waals surface area (Å²) in [4.78, 5) is 4.68. The first kappa shape index (κ1) is 13.2. The molecule has 104 valence electrons. The van der Waals surface area contributed by atoms with E-state index in [4.69, 9.17) is 9.15 Å². The topological polar surface area (TPSA) is 35.3 Å². The summed E-state index contributed by atoms with van der Waals surface area (Å²) in [6.07, 6.45) is 0. The second kappa shape index (κ2) is 4.63. The second-order valence-electron chi connectivity index (χ2n) is 5.80. The zero-order valence-electron chi connectivity index (χ0n) is 12.1. The summed E-state index contributed by atoms with van der Waals surface area (Å²) in [6.45, 7) is 6.50.